The minimum Gasteiger partial charge on any atom is -0.353 e. The highest BCUT2D eigenvalue weighted by Crippen LogP contribution is 2.24. The first-order chi connectivity index (χ1) is 7.98. The van der Waals surface area contributed by atoms with Gasteiger partial charge < -0.3 is 10.6 Å². The Morgan fingerprint density at radius 1 is 1.12 bits per heavy atom. The predicted molar refractivity (Wildman–Crippen MR) is 68.9 cm³/mol. The van der Waals surface area contributed by atoms with Crippen molar-refractivity contribution in [3.8, 4) is 0 Å². The van der Waals surface area contributed by atoms with Gasteiger partial charge in [-0.15, -0.1) is 0 Å². The quantitative estimate of drug-likeness (QED) is 0.774. The monoisotopic (exact) mass is 232 g/mol. The first-order valence-electron chi connectivity index (χ1n) is 6.10. The Morgan fingerprint density at radius 2 is 1.76 bits per heavy atom. The van der Waals surface area contributed by atoms with E-state index in [4.69, 9.17) is 0 Å². The lowest BCUT2D eigenvalue weighted by atomic mass is 9.86. The fraction of sp³-hybridized carbons (Fsp3) is 0.500. The fourth-order valence-electron chi connectivity index (χ4n) is 2.04. The van der Waals surface area contributed by atoms with Crippen LogP contribution in [0.4, 0.5) is 0 Å². The van der Waals surface area contributed by atoms with Gasteiger partial charge in [-0.3, -0.25) is 4.79 Å². The molecule has 3 nitrogen and oxygen atoms in total. The van der Waals surface area contributed by atoms with Gasteiger partial charge >= 0.3 is 0 Å². The summed E-state index contributed by atoms with van der Waals surface area (Å²) in [5.41, 5.74) is 2.48. The zero-order valence-corrected chi connectivity index (χ0v) is 10.7. The van der Waals surface area contributed by atoms with E-state index in [1.165, 1.54) is 5.56 Å². The lowest BCUT2D eigenvalue weighted by Gasteiger charge is -2.25. The van der Waals surface area contributed by atoms with E-state index >= 15 is 0 Å². The molecule has 1 aliphatic heterocycles. The van der Waals surface area contributed by atoms with E-state index in [2.05, 4.69) is 43.5 Å². The molecule has 0 saturated carbocycles. The number of amides is 1. The van der Waals surface area contributed by atoms with Crippen LogP contribution in [0.2, 0.25) is 0 Å². The number of carbonyl (C=O) groups excluding carboxylic acids is 1. The first-order valence-corrected chi connectivity index (χ1v) is 6.10. The van der Waals surface area contributed by atoms with Crippen LogP contribution in [0, 0.1) is 0 Å². The minimum atomic E-state index is -0.197. The topological polar surface area (TPSA) is 41.1 Å². The van der Waals surface area contributed by atoms with E-state index in [1.807, 2.05) is 12.1 Å². The standard InChI is InChI=1S/C14H20N2O/c1-14(2,3)11-6-4-10(5-7-11)12-13(17)16-9-8-15-12/h4-7,12,15H,8-9H2,1-3H3,(H,16,17)/t12-/m0/s1. The molecule has 0 spiro atoms. The zero-order chi connectivity index (χ0) is 12.5. The van der Waals surface area contributed by atoms with Crippen LogP contribution in [-0.2, 0) is 10.2 Å². The molecule has 1 atom stereocenters. The van der Waals surface area contributed by atoms with Crippen molar-refractivity contribution in [3.63, 3.8) is 0 Å². The number of carbonyl (C=O) groups is 1. The van der Waals surface area contributed by atoms with E-state index in [1.54, 1.807) is 0 Å². The van der Waals surface area contributed by atoms with Crippen molar-refractivity contribution in [1.29, 1.82) is 0 Å². The molecule has 1 aromatic rings. The molecule has 0 aliphatic carbocycles. The molecule has 92 valence electrons. The third-order valence-corrected chi connectivity index (χ3v) is 3.14. The van der Waals surface area contributed by atoms with Crippen molar-refractivity contribution in [2.45, 2.75) is 32.2 Å². The summed E-state index contributed by atoms with van der Waals surface area (Å²) in [4.78, 5) is 11.7. The molecule has 3 heteroatoms. The van der Waals surface area contributed by atoms with Crippen LogP contribution in [0.5, 0.6) is 0 Å². The summed E-state index contributed by atoms with van der Waals surface area (Å²) in [6, 6.07) is 8.11. The van der Waals surface area contributed by atoms with Crippen LogP contribution in [0.15, 0.2) is 24.3 Å². The molecule has 17 heavy (non-hydrogen) atoms. The molecule has 0 radical (unpaired) electrons. The molecule has 1 aliphatic rings. The number of hydrogen-bond acceptors (Lipinski definition) is 2. The van der Waals surface area contributed by atoms with Gasteiger partial charge in [0, 0.05) is 13.1 Å². The molecule has 0 aromatic heterocycles. The smallest absolute Gasteiger partial charge is 0.241 e. The maximum atomic E-state index is 11.7. The van der Waals surface area contributed by atoms with Gasteiger partial charge in [-0.1, -0.05) is 45.0 Å². The average molecular weight is 232 g/mol. The number of nitrogens with one attached hydrogen (secondary N) is 2. The lowest BCUT2D eigenvalue weighted by molar-refractivity contribution is -0.124. The Labute approximate surface area is 103 Å². The van der Waals surface area contributed by atoms with Crippen molar-refractivity contribution in [3.05, 3.63) is 35.4 Å². The van der Waals surface area contributed by atoms with E-state index in [9.17, 15) is 4.79 Å². The Hall–Kier alpha value is -1.35. The number of benzene rings is 1. The van der Waals surface area contributed by atoms with Crippen molar-refractivity contribution in [2.75, 3.05) is 13.1 Å². The zero-order valence-electron chi connectivity index (χ0n) is 10.7. The number of rotatable bonds is 1. The first kappa shape index (κ1) is 12.1. The van der Waals surface area contributed by atoms with Crippen molar-refractivity contribution in [2.24, 2.45) is 0 Å². The van der Waals surface area contributed by atoms with Gasteiger partial charge in [-0.05, 0) is 16.5 Å². The van der Waals surface area contributed by atoms with Gasteiger partial charge in [-0.25, -0.2) is 0 Å². The van der Waals surface area contributed by atoms with Crippen molar-refractivity contribution >= 4 is 5.91 Å². The third kappa shape index (κ3) is 2.67. The van der Waals surface area contributed by atoms with Crippen LogP contribution in [0.3, 0.4) is 0 Å². The second-order valence-electron chi connectivity index (χ2n) is 5.55. The molecular weight excluding hydrogens is 212 g/mol. The van der Waals surface area contributed by atoms with Crippen molar-refractivity contribution < 1.29 is 4.79 Å². The number of piperazine rings is 1. The summed E-state index contributed by atoms with van der Waals surface area (Å²) in [7, 11) is 0. The summed E-state index contributed by atoms with van der Waals surface area (Å²) in [5.74, 6) is 0.0692. The number of hydrogen-bond donors (Lipinski definition) is 2. The Kier molecular flexibility index (Phi) is 3.20. The fourth-order valence-corrected chi connectivity index (χ4v) is 2.04. The summed E-state index contributed by atoms with van der Waals surface area (Å²) < 4.78 is 0. The maximum absolute atomic E-state index is 11.7. The van der Waals surface area contributed by atoms with Gasteiger partial charge in [0.25, 0.3) is 0 Å². The second-order valence-corrected chi connectivity index (χ2v) is 5.55. The van der Waals surface area contributed by atoms with Gasteiger partial charge in [-0.2, -0.15) is 0 Å². The molecule has 1 aromatic carbocycles. The summed E-state index contributed by atoms with van der Waals surface area (Å²) >= 11 is 0. The van der Waals surface area contributed by atoms with Gasteiger partial charge in [0.2, 0.25) is 5.91 Å². The largest absolute Gasteiger partial charge is 0.353 e. The molecule has 1 amide bonds. The average Bonchev–Trinajstić information content (AvgIpc) is 2.29. The predicted octanol–water partition coefficient (Wildman–Crippen LogP) is 1.74. The molecule has 1 fully saturated rings. The van der Waals surface area contributed by atoms with Crippen molar-refractivity contribution in [1.82, 2.24) is 10.6 Å². The van der Waals surface area contributed by atoms with Crippen LogP contribution >= 0.6 is 0 Å². The summed E-state index contributed by atoms with van der Waals surface area (Å²) in [6.07, 6.45) is 0. The van der Waals surface area contributed by atoms with Gasteiger partial charge in [0.05, 0.1) is 0 Å². The molecule has 0 unspecified atom stereocenters. The third-order valence-electron chi connectivity index (χ3n) is 3.14. The van der Waals surface area contributed by atoms with Crippen LogP contribution in [0.25, 0.3) is 0 Å². The molecule has 1 saturated heterocycles. The second kappa shape index (κ2) is 4.49. The Morgan fingerprint density at radius 3 is 2.29 bits per heavy atom. The Bertz CT molecular complexity index is 403. The lowest BCUT2D eigenvalue weighted by Crippen LogP contribution is -2.47. The van der Waals surface area contributed by atoms with E-state index in [0.29, 0.717) is 0 Å². The summed E-state index contributed by atoms with van der Waals surface area (Å²) in [5, 5.41) is 6.11. The van der Waals surface area contributed by atoms with Crippen LogP contribution in [-0.4, -0.2) is 19.0 Å². The molecular formula is C14H20N2O. The maximum Gasteiger partial charge on any atom is 0.241 e. The highest BCUT2D eigenvalue weighted by Gasteiger charge is 2.23. The molecule has 2 rings (SSSR count). The highest BCUT2D eigenvalue weighted by atomic mass is 16.2. The van der Waals surface area contributed by atoms with Crippen LogP contribution in [0.1, 0.15) is 37.9 Å². The van der Waals surface area contributed by atoms with E-state index < -0.39 is 0 Å². The van der Waals surface area contributed by atoms with Crippen LogP contribution < -0.4 is 10.6 Å². The normalized spacial score (nSPS) is 21.1. The Balaban J connectivity index is 2.20. The summed E-state index contributed by atoms with van der Waals surface area (Å²) in [6.45, 7) is 8.11. The van der Waals surface area contributed by atoms with E-state index in [0.717, 1.165) is 18.7 Å². The molecule has 0 bridgehead atoms. The SMILES string of the molecule is CC(C)(C)c1ccc([C@@H]2NCCNC2=O)cc1. The van der Waals surface area contributed by atoms with E-state index in [-0.39, 0.29) is 17.4 Å². The molecule has 1 heterocycles. The highest BCUT2D eigenvalue weighted by molar-refractivity contribution is 5.83. The minimum absolute atomic E-state index is 0.0692. The van der Waals surface area contributed by atoms with Gasteiger partial charge in [0.1, 0.15) is 6.04 Å². The van der Waals surface area contributed by atoms with Gasteiger partial charge in [0.15, 0.2) is 0 Å². The molecule has 2 N–H and O–H groups in total.